The largest absolute Gasteiger partial charge is 0.441 e. The Hall–Kier alpha value is -3.94. The molecule has 0 aliphatic carbocycles. The van der Waals surface area contributed by atoms with Crippen molar-refractivity contribution in [3.8, 4) is 11.3 Å². The number of aryl methyl sites for hydroxylation is 2. The van der Waals surface area contributed by atoms with Crippen LogP contribution in [0.3, 0.4) is 0 Å². The smallest absolute Gasteiger partial charge is 0.344 e. The van der Waals surface area contributed by atoms with Gasteiger partial charge in [0.1, 0.15) is 5.54 Å². The maximum Gasteiger partial charge on any atom is 0.344 e. The van der Waals surface area contributed by atoms with E-state index < -0.39 is 23.4 Å². The lowest BCUT2D eigenvalue weighted by Gasteiger charge is -2.25. The minimum Gasteiger partial charge on any atom is -0.441 e. The Kier molecular flexibility index (Phi) is 5.77. The van der Waals surface area contributed by atoms with Crippen molar-refractivity contribution in [3.05, 3.63) is 77.8 Å². The van der Waals surface area contributed by atoms with Gasteiger partial charge in [0.15, 0.2) is 11.7 Å². The maximum absolute atomic E-state index is 13.1. The lowest BCUT2D eigenvalue weighted by molar-refractivity contribution is -0.139. The number of imide groups is 1. The van der Waals surface area contributed by atoms with Gasteiger partial charge in [-0.1, -0.05) is 67.1 Å². The van der Waals surface area contributed by atoms with Gasteiger partial charge in [0.05, 0.1) is 6.20 Å². The van der Waals surface area contributed by atoms with Crippen molar-refractivity contribution in [2.75, 3.05) is 0 Å². The highest BCUT2D eigenvalue weighted by Gasteiger charge is 2.52. The van der Waals surface area contributed by atoms with Gasteiger partial charge in [-0.2, -0.15) is 5.01 Å². The van der Waals surface area contributed by atoms with Crippen molar-refractivity contribution in [2.45, 2.75) is 38.6 Å². The van der Waals surface area contributed by atoms with E-state index >= 15 is 0 Å². The van der Waals surface area contributed by atoms with Crippen LogP contribution in [0.2, 0.25) is 0 Å². The first-order valence-corrected chi connectivity index (χ1v) is 10.5. The van der Waals surface area contributed by atoms with Crippen molar-refractivity contribution >= 4 is 17.8 Å². The molecule has 1 aliphatic rings. The van der Waals surface area contributed by atoms with Crippen LogP contribution < -0.4 is 10.7 Å². The molecule has 2 N–H and O–H groups in total. The molecular formula is C24H24N4O4. The van der Waals surface area contributed by atoms with E-state index in [1.165, 1.54) is 0 Å². The van der Waals surface area contributed by atoms with E-state index in [0.717, 1.165) is 16.1 Å². The molecular weight excluding hydrogens is 408 g/mol. The van der Waals surface area contributed by atoms with Crippen LogP contribution in [0, 0.1) is 6.92 Å². The van der Waals surface area contributed by atoms with Gasteiger partial charge in [-0.25, -0.2) is 9.78 Å². The van der Waals surface area contributed by atoms with Crippen LogP contribution in [0.25, 0.3) is 11.3 Å². The molecule has 1 fully saturated rings. The van der Waals surface area contributed by atoms with Crippen molar-refractivity contribution in [1.29, 1.82) is 0 Å². The van der Waals surface area contributed by atoms with E-state index in [9.17, 15) is 14.4 Å². The molecule has 3 aromatic rings. The van der Waals surface area contributed by atoms with Gasteiger partial charge in [0, 0.05) is 18.4 Å². The minimum atomic E-state index is -1.20. The zero-order valence-electron chi connectivity index (χ0n) is 17.9. The highest BCUT2D eigenvalue weighted by molar-refractivity contribution is 6.08. The number of urea groups is 1. The lowest BCUT2D eigenvalue weighted by atomic mass is 9.87. The number of benzene rings is 2. The molecule has 8 heteroatoms. The number of carbonyl (C=O) groups excluding carboxylic acids is 3. The fourth-order valence-electron chi connectivity index (χ4n) is 3.72. The molecule has 1 saturated heterocycles. The molecule has 1 aliphatic heterocycles. The van der Waals surface area contributed by atoms with Crippen molar-refractivity contribution in [2.24, 2.45) is 0 Å². The van der Waals surface area contributed by atoms with Gasteiger partial charge in [-0.15, -0.1) is 0 Å². The first kappa shape index (κ1) is 21.3. The summed E-state index contributed by atoms with van der Waals surface area (Å²) in [5.41, 5.74) is 3.93. The van der Waals surface area contributed by atoms with Crippen LogP contribution in [0.5, 0.6) is 0 Å². The van der Waals surface area contributed by atoms with E-state index in [0.29, 0.717) is 23.6 Å². The minimum absolute atomic E-state index is 0.00930. The Balaban J connectivity index is 1.39. The van der Waals surface area contributed by atoms with Crippen molar-refractivity contribution in [1.82, 2.24) is 20.7 Å². The van der Waals surface area contributed by atoms with E-state index in [2.05, 4.69) is 15.7 Å². The van der Waals surface area contributed by atoms with Crippen molar-refractivity contribution < 1.29 is 18.8 Å². The summed E-state index contributed by atoms with van der Waals surface area (Å²) in [4.78, 5) is 42.2. The Morgan fingerprint density at radius 2 is 1.84 bits per heavy atom. The number of rotatable bonds is 7. The normalized spacial score (nSPS) is 18.0. The average Bonchev–Trinajstić information content (AvgIpc) is 3.38. The Labute approximate surface area is 185 Å². The van der Waals surface area contributed by atoms with E-state index in [1.54, 1.807) is 30.5 Å². The lowest BCUT2D eigenvalue weighted by Crippen LogP contribution is -2.48. The van der Waals surface area contributed by atoms with E-state index in [-0.39, 0.29) is 12.8 Å². The van der Waals surface area contributed by atoms with Crippen molar-refractivity contribution in [3.63, 3.8) is 0 Å². The molecule has 0 radical (unpaired) electrons. The third kappa shape index (κ3) is 3.99. The zero-order valence-corrected chi connectivity index (χ0v) is 17.9. The summed E-state index contributed by atoms with van der Waals surface area (Å²) >= 11 is 0. The number of hydrazine groups is 1. The SMILES string of the molecule is CCC1(c2ccccc2)NC(=O)N(NC(=O)CCc2ncc(-c3ccc(C)cc3)o2)C1=O. The monoisotopic (exact) mass is 432 g/mol. The van der Waals surface area contributed by atoms with Crippen LogP contribution in [0.1, 0.15) is 36.8 Å². The summed E-state index contributed by atoms with van der Waals surface area (Å²) in [7, 11) is 0. The number of nitrogens with zero attached hydrogens (tertiary/aromatic N) is 2. The highest BCUT2D eigenvalue weighted by Crippen LogP contribution is 2.31. The van der Waals surface area contributed by atoms with Crippen LogP contribution in [-0.2, 0) is 21.5 Å². The summed E-state index contributed by atoms with van der Waals surface area (Å²) in [6, 6.07) is 16.2. The van der Waals surface area contributed by atoms with Gasteiger partial charge in [-0.3, -0.25) is 15.0 Å². The average molecular weight is 432 g/mol. The van der Waals surface area contributed by atoms with Gasteiger partial charge in [-0.05, 0) is 18.9 Å². The van der Waals surface area contributed by atoms with Crippen LogP contribution in [0.15, 0.2) is 65.2 Å². The Morgan fingerprint density at radius 3 is 2.53 bits per heavy atom. The third-order valence-electron chi connectivity index (χ3n) is 5.58. The molecule has 0 spiro atoms. The van der Waals surface area contributed by atoms with Crippen LogP contribution in [0.4, 0.5) is 4.79 Å². The Bertz CT molecular complexity index is 1140. The number of oxazole rings is 1. The molecule has 4 amide bonds. The molecule has 2 aromatic carbocycles. The summed E-state index contributed by atoms with van der Waals surface area (Å²) in [6.07, 6.45) is 2.21. The highest BCUT2D eigenvalue weighted by atomic mass is 16.4. The predicted octanol–water partition coefficient (Wildman–Crippen LogP) is 3.47. The maximum atomic E-state index is 13.1. The van der Waals surface area contributed by atoms with Gasteiger partial charge < -0.3 is 9.73 Å². The molecule has 1 unspecified atom stereocenters. The van der Waals surface area contributed by atoms with Crippen LogP contribution >= 0.6 is 0 Å². The molecule has 1 atom stereocenters. The second-order valence-electron chi connectivity index (χ2n) is 7.71. The fourth-order valence-corrected chi connectivity index (χ4v) is 3.72. The third-order valence-corrected chi connectivity index (χ3v) is 5.58. The molecule has 1 aromatic heterocycles. The first-order valence-electron chi connectivity index (χ1n) is 10.5. The molecule has 0 bridgehead atoms. The molecule has 8 nitrogen and oxygen atoms in total. The summed E-state index contributed by atoms with van der Waals surface area (Å²) in [6.45, 7) is 3.81. The zero-order chi connectivity index (χ0) is 22.7. The van der Waals surface area contributed by atoms with Gasteiger partial charge >= 0.3 is 6.03 Å². The first-order chi connectivity index (χ1) is 15.4. The standard InChI is InChI=1S/C24H24N4O4/c1-3-24(18-7-5-4-6-8-18)22(30)28(23(31)26-24)27-20(29)13-14-21-25-15-19(32-21)17-11-9-16(2)10-12-17/h4-12,15H,3,13-14H2,1-2H3,(H,26,31)(H,27,29). The second-order valence-corrected chi connectivity index (χ2v) is 7.71. The fraction of sp³-hybridized carbons (Fsp3) is 0.250. The number of nitrogens with one attached hydrogen (secondary N) is 2. The number of aromatic nitrogens is 1. The molecule has 4 rings (SSSR count). The van der Waals surface area contributed by atoms with Gasteiger partial charge in [0.2, 0.25) is 5.91 Å². The second kappa shape index (κ2) is 8.66. The van der Waals surface area contributed by atoms with Gasteiger partial charge in [0.25, 0.3) is 5.91 Å². The summed E-state index contributed by atoms with van der Waals surface area (Å²) in [5, 5.41) is 3.49. The molecule has 164 valence electrons. The predicted molar refractivity (Wildman–Crippen MR) is 117 cm³/mol. The molecule has 0 saturated carbocycles. The van der Waals surface area contributed by atoms with E-state index in [1.807, 2.05) is 44.2 Å². The Morgan fingerprint density at radius 1 is 1.12 bits per heavy atom. The summed E-state index contributed by atoms with van der Waals surface area (Å²) in [5.74, 6) is 0.0242. The number of amides is 4. The summed E-state index contributed by atoms with van der Waals surface area (Å²) < 4.78 is 5.73. The van der Waals surface area contributed by atoms with E-state index in [4.69, 9.17) is 4.42 Å². The number of hydrogen-bond donors (Lipinski definition) is 2. The molecule has 32 heavy (non-hydrogen) atoms. The number of carbonyl (C=O) groups is 3. The molecule has 2 heterocycles. The number of hydrogen-bond acceptors (Lipinski definition) is 5. The quantitative estimate of drug-likeness (QED) is 0.556. The topological polar surface area (TPSA) is 105 Å². The van der Waals surface area contributed by atoms with Crippen LogP contribution in [-0.4, -0.2) is 27.8 Å².